The summed E-state index contributed by atoms with van der Waals surface area (Å²) in [6.45, 7) is 6.59. The van der Waals surface area contributed by atoms with E-state index in [1.807, 2.05) is 24.3 Å². The molecular formula is C23H29FN2O. The van der Waals surface area contributed by atoms with E-state index < -0.39 is 0 Å². The Hall–Kier alpha value is -1.91. The van der Waals surface area contributed by atoms with Crippen LogP contribution in [0.25, 0.3) is 0 Å². The molecule has 1 aliphatic carbocycles. The van der Waals surface area contributed by atoms with Gasteiger partial charge < -0.3 is 15.3 Å². The van der Waals surface area contributed by atoms with Gasteiger partial charge in [0.2, 0.25) is 0 Å². The number of benzene rings is 2. The number of phenols is 1. The molecule has 4 heteroatoms. The average molecular weight is 368 g/mol. The summed E-state index contributed by atoms with van der Waals surface area (Å²) in [6.07, 6.45) is 1.88. The van der Waals surface area contributed by atoms with Crippen LogP contribution in [0.2, 0.25) is 0 Å². The second kappa shape index (κ2) is 6.92. The number of rotatable bonds is 4. The van der Waals surface area contributed by atoms with Crippen molar-refractivity contribution >= 4 is 0 Å². The molecule has 1 fully saturated rings. The zero-order valence-electron chi connectivity index (χ0n) is 16.4. The van der Waals surface area contributed by atoms with Crippen LogP contribution in [0, 0.1) is 11.7 Å². The molecule has 2 aromatic rings. The standard InChI is InChI=1S/C23H29FN2O/c1-15-14-26(3)21-12-17-6-9-19(27)13-20(17)23(15,2)22(21)25-11-10-16-4-7-18(24)8-5-16/h4-9,13,15,21-22,25,27H,10-12,14H2,1-3H3/t15?,21-,22+,23-/m1/s1. The molecule has 2 N–H and O–H groups in total. The van der Waals surface area contributed by atoms with Gasteiger partial charge in [-0.1, -0.05) is 32.0 Å². The minimum atomic E-state index is -0.187. The van der Waals surface area contributed by atoms with Crippen LogP contribution >= 0.6 is 0 Å². The smallest absolute Gasteiger partial charge is 0.123 e. The molecule has 1 saturated heterocycles. The summed E-state index contributed by atoms with van der Waals surface area (Å²) >= 11 is 0. The molecule has 0 amide bonds. The molecule has 2 bridgehead atoms. The van der Waals surface area contributed by atoms with Crippen molar-refractivity contribution in [1.29, 1.82) is 0 Å². The second-order valence-electron chi connectivity index (χ2n) is 8.54. The third kappa shape index (κ3) is 3.15. The molecule has 0 aromatic heterocycles. The lowest BCUT2D eigenvalue weighted by molar-refractivity contribution is 0.0235. The predicted octanol–water partition coefficient (Wildman–Crippen LogP) is 3.50. The van der Waals surface area contributed by atoms with Gasteiger partial charge in [0.1, 0.15) is 11.6 Å². The number of phenolic OH excluding ortho intramolecular Hbond substituents is 1. The summed E-state index contributed by atoms with van der Waals surface area (Å²) in [4.78, 5) is 2.48. The van der Waals surface area contributed by atoms with Gasteiger partial charge in [0.25, 0.3) is 0 Å². The number of hydrogen-bond donors (Lipinski definition) is 2. The van der Waals surface area contributed by atoms with Crippen LogP contribution in [-0.2, 0) is 18.3 Å². The average Bonchev–Trinajstić information content (AvgIpc) is 2.64. The van der Waals surface area contributed by atoms with Gasteiger partial charge in [0.05, 0.1) is 0 Å². The van der Waals surface area contributed by atoms with Crippen LogP contribution in [0.4, 0.5) is 4.39 Å². The first-order chi connectivity index (χ1) is 12.9. The van der Waals surface area contributed by atoms with Crippen LogP contribution in [0.5, 0.6) is 5.75 Å². The fourth-order valence-corrected chi connectivity index (χ4v) is 5.26. The Balaban J connectivity index is 1.60. The lowest BCUT2D eigenvalue weighted by Gasteiger charge is -2.58. The molecule has 144 valence electrons. The van der Waals surface area contributed by atoms with Gasteiger partial charge in [-0.2, -0.15) is 0 Å². The Morgan fingerprint density at radius 1 is 1.22 bits per heavy atom. The van der Waals surface area contributed by atoms with E-state index in [2.05, 4.69) is 37.2 Å². The number of fused-ring (bicyclic) bond motifs is 4. The highest BCUT2D eigenvalue weighted by Gasteiger charge is 2.53. The maximum Gasteiger partial charge on any atom is 0.123 e. The summed E-state index contributed by atoms with van der Waals surface area (Å²) < 4.78 is 13.1. The molecule has 2 aromatic carbocycles. The molecule has 0 spiro atoms. The highest BCUT2D eigenvalue weighted by molar-refractivity contribution is 5.46. The van der Waals surface area contributed by atoms with Gasteiger partial charge in [-0.15, -0.1) is 0 Å². The van der Waals surface area contributed by atoms with E-state index in [-0.39, 0.29) is 11.2 Å². The largest absolute Gasteiger partial charge is 0.508 e. The van der Waals surface area contributed by atoms with Gasteiger partial charge in [-0.05, 0) is 73.3 Å². The van der Waals surface area contributed by atoms with E-state index in [0.717, 1.165) is 31.5 Å². The molecule has 27 heavy (non-hydrogen) atoms. The van der Waals surface area contributed by atoms with E-state index in [9.17, 15) is 9.50 Å². The summed E-state index contributed by atoms with van der Waals surface area (Å²) in [5.74, 6) is 0.639. The number of nitrogens with zero attached hydrogens (tertiary/aromatic N) is 1. The fraction of sp³-hybridized carbons (Fsp3) is 0.478. The van der Waals surface area contributed by atoms with Gasteiger partial charge in [-0.25, -0.2) is 4.39 Å². The lowest BCUT2D eigenvalue weighted by atomic mass is 9.57. The van der Waals surface area contributed by atoms with Crippen molar-refractivity contribution in [3.63, 3.8) is 0 Å². The lowest BCUT2D eigenvalue weighted by Crippen LogP contribution is -2.69. The highest BCUT2D eigenvalue weighted by atomic mass is 19.1. The predicted molar refractivity (Wildman–Crippen MR) is 107 cm³/mol. The van der Waals surface area contributed by atoms with Crippen molar-refractivity contribution in [2.24, 2.45) is 5.92 Å². The SMILES string of the molecule is CC1CN(C)[C@@H]2Cc3ccc(O)cc3[C@]1(C)[C@H]2NCCc1ccc(F)cc1. The maximum absolute atomic E-state index is 13.1. The minimum Gasteiger partial charge on any atom is -0.508 e. The topological polar surface area (TPSA) is 35.5 Å². The zero-order valence-corrected chi connectivity index (χ0v) is 16.4. The van der Waals surface area contributed by atoms with Crippen molar-refractivity contribution < 1.29 is 9.50 Å². The number of nitrogens with one attached hydrogen (secondary N) is 1. The van der Waals surface area contributed by atoms with Crippen LogP contribution in [0.3, 0.4) is 0 Å². The van der Waals surface area contributed by atoms with Crippen molar-refractivity contribution in [2.75, 3.05) is 20.1 Å². The Morgan fingerprint density at radius 2 is 1.96 bits per heavy atom. The summed E-state index contributed by atoms with van der Waals surface area (Å²) in [7, 11) is 2.22. The first-order valence-corrected chi connectivity index (χ1v) is 9.90. The van der Waals surface area contributed by atoms with Gasteiger partial charge in [-0.3, -0.25) is 0 Å². The van der Waals surface area contributed by atoms with Gasteiger partial charge >= 0.3 is 0 Å². The fourth-order valence-electron chi connectivity index (χ4n) is 5.26. The van der Waals surface area contributed by atoms with E-state index in [1.54, 1.807) is 0 Å². The molecule has 1 heterocycles. The first-order valence-electron chi connectivity index (χ1n) is 9.90. The third-order valence-corrected chi connectivity index (χ3v) is 6.98. The number of halogens is 1. The van der Waals surface area contributed by atoms with Crippen LogP contribution < -0.4 is 5.32 Å². The van der Waals surface area contributed by atoms with Crippen LogP contribution in [0.15, 0.2) is 42.5 Å². The second-order valence-corrected chi connectivity index (χ2v) is 8.54. The Bertz CT molecular complexity index is 822. The molecule has 4 rings (SSSR count). The van der Waals surface area contributed by atoms with Crippen LogP contribution in [-0.4, -0.2) is 42.2 Å². The van der Waals surface area contributed by atoms with Crippen molar-refractivity contribution in [3.8, 4) is 5.75 Å². The van der Waals surface area contributed by atoms with E-state index in [0.29, 0.717) is 23.8 Å². The highest BCUT2D eigenvalue weighted by Crippen LogP contribution is 2.48. The monoisotopic (exact) mass is 368 g/mol. The van der Waals surface area contributed by atoms with Crippen molar-refractivity contribution in [3.05, 3.63) is 65.0 Å². The van der Waals surface area contributed by atoms with Crippen LogP contribution in [0.1, 0.15) is 30.5 Å². The van der Waals surface area contributed by atoms with E-state index in [4.69, 9.17) is 0 Å². The summed E-state index contributed by atoms with van der Waals surface area (Å²) in [5, 5.41) is 13.9. The number of aromatic hydroxyl groups is 1. The van der Waals surface area contributed by atoms with Crippen molar-refractivity contribution in [1.82, 2.24) is 10.2 Å². The normalized spacial score (nSPS) is 30.1. The maximum atomic E-state index is 13.1. The molecule has 4 atom stereocenters. The Kier molecular flexibility index (Phi) is 4.73. The minimum absolute atomic E-state index is 0.0215. The third-order valence-electron chi connectivity index (χ3n) is 6.98. The van der Waals surface area contributed by atoms with Gasteiger partial charge in [0, 0.05) is 24.0 Å². The molecule has 2 aliphatic rings. The molecule has 1 aliphatic heterocycles. The summed E-state index contributed by atoms with van der Waals surface area (Å²) in [6, 6.07) is 13.4. The first kappa shape index (κ1) is 18.5. The number of likely N-dealkylation sites (N-methyl/N-ethyl adjacent to an activating group) is 1. The summed E-state index contributed by atoms with van der Waals surface area (Å²) in [5.41, 5.74) is 3.77. The Labute approximate surface area is 161 Å². The molecule has 0 saturated carbocycles. The van der Waals surface area contributed by atoms with E-state index >= 15 is 0 Å². The molecule has 3 nitrogen and oxygen atoms in total. The number of hydrogen-bond acceptors (Lipinski definition) is 3. The van der Waals surface area contributed by atoms with Gasteiger partial charge in [0.15, 0.2) is 0 Å². The molecular weight excluding hydrogens is 339 g/mol. The quantitative estimate of drug-likeness (QED) is 0.867. The number of likely N-dealkylation sites (tertiary alicyclic amines) is 1. The number of piperidine rings is 1. The molecule has 0 radical (unpaired) electrons. The Morgan fingerprint density at radius 3 is 2.70 bits per heavy atom. The molecule has 1 unspecified atom stereocenters. The zero-order chi connectivity index (χ0) is 19.2. The van der Waals surface area contributed by atoms with E-state index in [1.165, 1.54) is 23.3 Å². The van der Waals surface area contributed by atoms with Crippen molar-refractivity contribution in [2.45, 2.75) is 44.2 Å².